The van der Waals surface area contributed by atoms with Gasteiger partial charge in [-0.1, -0.05) is 22.9 Å². The molecule has 1 N–H and O–H groups in total. The summed E-state index contributed by atoms with van der Waals surface area (Å²) in [7, 11) is 1.64. The molecule has 0 radical (unpaired) electrons. The van der Waals surface area contributed by atoms with E-state index >= 15 is 0 Å². The number of halogens is 1. The number of ether oxygens (including phenoxy) is 1. The molecule has 0 fully saturated rings. The smallest absolute Gasteiger partial charge is 0.273 e. The Kier molecular flexibility index (Phi) is 6.24. The maximum atomic E-state index is 10.9. The van der Waals surface area contributed by atoms with Crippen molar-refractivity contribution >= 4 is 21.6 Å². The van der Waals surface area contributed by atoms with Crippen molar-refractivity contribution in [2.24, 2.45) is 0 Å². The first-order chi connectivity index (χ1) is 8.58. The number of benzene rings is 1. The molecule has 0 amide bonds. The highest BCUT2D eigenvalue weighted by Gasteiger charge is 2.14. The average molecular weight is 317 g/mol. The van der Waals surface area contributed by atoms with Gasteiger partial charge in [0.15, 0.2) is 0 Å². The van der Waals surface area contributed by atoms with Gasteiger partial charge in [-0.25, -0.2) is 0 Å². The molecular formula is C12H17BrN2O3. The van der Waals surface area contributed by atoms with Gasteiger partial charge in [-0.15, -0.1) is 0 Å². The van der Waals surface area contributed by atoms with Crippen LogP contribution in [0.2, 0.25) is 0 Å². The summed E-state index contributed by atoms with van der Waals surface area (Å²) in [5.74, 6) is 0. The third-order valence-electron chi connectivity index (χ3n) is 2.68. The van der Waals surface area contributed by atoms with Crippen molar-refractivity contribution in [1.82, 2.24) is 5.32 Å². The fraction of sp³-hybridized carbons (Fsp3) is 0.500. The Balaban J connectivity index is 2.76. The lowest BCUT2D eigenvalue weighted by molar-refractivity contribution is -0.385. The summed E-state index contributed by atoms with van der Waals surface area (Å²) >= 11 is 3.33. The summed E-state index contributed by atoms with van der Waals surface area (Å²) in [5.41, 5.74) is 0.807. The van der Waals surface area contributed by atoms with Gasteiger partial charge >= 0.3 is 0 Å². The van der Waals surface area contributed by atoms with E-state index in [1.165, 1.54) is 6.07 Å². The van der Waals surface area contributed by atoms with E-state index in [4.69, 9.17) is 4.74 Å². The number of nitro benzene ring substituents is 1. The number of methoxy groups -OCH3 is 1. The Bertz CT molecular complexity index is 412. The number of nitrogens with zero attached hydrogens (tertiary/aromatic N) is 1. The number of hydrogen-bond donors (Lipinski definition) is 1. The highest BCUT2D eigenvalue weighted by atomic mass is 79.9. The lowest BCUT2D eigenvalue weighted by atomic mass is 10.1. The molecule has 6 heteroatoms. The molecule has 100 valence electrons. The molecule has 18 heavy (non-hydrogen) atoms. The first-order valence-electron chi connectivity index (χ1n) is 5.73. The van der Waals surface area contributed by atoms with Crippen LogP contribution in [-0.2, 0) is 11.3 Å². The van der Waals surface area contributed by atoms with Gasteiger partial charge in [0.05, 0.1) is 11.5 Å². The van der Waals surface area contributed by atoms with Gasteiger partial charge in [0.25, 0.3) is 5.69 Å². The number of rotatable bonds is 7. The molecule has 0 aliphatic rings. The highest BCUT2D eigenvalue weighted by molar-refractivity contribution is 9.10. The third kappa shape index (κ3) is 4.36. The Morgan fingerprint density at radius 2 is 2.28 bits per heavy atom. The predicted molar refractivity (Wildman–Crippen MR) is 73.6 cm³/mol. The second kappa shape index (κ2) is 7.45. The van der Waals surface area contributed by atoms with Crippen molar-refractivity contribution in [2.45, 2.75) is 25.9 Å². The molecule has 0 spiro atoms. The summed E-state index contributed by atoms with van der Waals surface area (Å²) in [6.07, 6.45) is 0.912. The van der Waals surface area contributed by atoms with Gasteiger partial charge in [0.2, 0.25) is 0 Å². The zero-order chi connectivity index (χ0) is 13.5. The van der Waals surface area contributed by atoms with Crippen molar-refractivity contribution in [2.75, 3.05) is 13.7 Å². The van der Waals surface area contributed by atoms with Crippen LogP contribution < -0.4 is 5.32 Å². The number of hydrogen-bond acceptors (Lipinski definition) is 4. The standard InChI is InChI=1S/C12H17BrN2O3/c1-3-11(8-18-2)14-7-9-6-10(13)4-5-12(9)15(16)17/h4-6,11,14H,3,7-8H2,1-2H3. The van der Waals surface area contributed by atoms with Crippen LogP contribution >= 0.6 is 15.9 Å². The van der Waals surface area contributed by atoms with Gasteiger partial charge < -0.3 is 10.1 Å². The van der Waals surface area contributed by atoms with Crippen molar-refractivity contribution in [1.29, 1.82) is 0 Å². The van der Waals surface area contributed by atoms with Crippen molar-refractivity contribution in [3.63, 3.8) is 0 Å². The summed E-state index contributed by atoms with van der Waals surface area (Å²) in [4.78, 5) is 10.6. The zero-order valence-corrected chi connectivity index (χ0v) is 12.1. The molecule has 0 heterocycles. The number of nitrogens with one attached hydrogen (secondary N) is 1. The minimum Gasteiger partial charge on any atom is -0.383 e. The Hall–Kier alpha value is -0.980. The summed E-state index contributed by atoms with van der Waals surface area (Å²) in [6.45, 7) is 3.10. The molecule has 0 saturated heterocycles. The molecule has 0 saturated carbocycles. The van der Waals surface area contributed by atoms with Crippen LogP contribution in [0, 0.1) is 10.1 Å². The van der Waals surface area contributed by atoms with E-state index in [9.17, 15) is 10.1 Å². The lowest BCUT2D eigenvalue weighted by Crippen LogP contribution is -2.32. The largest absolute Gasteiger partial charge is 0.383 e. The van der Waals surface area contributed by atoms with Crippen molar-refractivity contribution in [3.8, 4) is 0 Å². The van der Waals surface area contributed by atoms with Crippen LogP contribution in [0.4, 0.5) is 5.69 Å². The molecule has 1 aromatic rings. The van der Waals surface area contributed by atoms with E-state index in [2.05, 4.69) is 21.2 Å². The Labute approximate surface area is 115 Å². The average Bonchev–Trinajstić information content (AvgIpc) is 2.34. The van der Waals surface area contributed by atoms with Crippen molar-refractivity contribution < 1.29 is 9.66 Å². The van der Waals surface area contributed by atoms with Crippen LogP contribution in [0.15, 0.2) is 22.7 Å². The van der Waals surface area contributed by atoms with Crippen LogP contribution in [0.3, 0.4) is 0 Å². The number of nitro groups is 1. The molecular weight excluding hydrogens is 300 g/mol. The Morgan fingerprint density at radius 3 is 2.83 bits per heavy atom. The normalized spacial score (nSPS) is 12.4. The van der Waals surface area contributed by atoms with E-state index in [0.717, 1.165) is 10.9 Å². The molecule has 5 nitrogen and oxygen atoms in total. The SMILES string of the molecule is CCC(COC)NCc1cc(Br)ccc1[N+](=O)[O-]. The van der Waals surface area contributed by atoms with Crippen LogP contribution in [0.5, 0.6) is 0 Å². The maximum Gasteiger partial charge on any atom is 0.273 e. The fourth-order valence-corrected chi connectivity index (χ4v) is 2.06. The molecule has 1 atom stereocenters. The van der Waals surface area contributed by atoms with E-state index in [1.54, 1.807) is 19.2 Å². The molecule has 0 aromatic heterocycles. The molecule has 0 bridgehead atoms. The predicted octanol–water partition coefficient (Wildman–Crippen LogP) is 2.87. The molecule has 1 unspecified atom stereocenters. The van der Waals surface area contributed by atoms with E-state index < -0.39 is 0 Å². The highest BCUT2D eigenvalue weighted by Crippen LogP contribution is 2.23. The van der Waals surface area contributed by atoms with E-state index in [1.807, 2.05) is 6.92 Å². The first-order valence-corrected chi connectivity index (χ1v) is 6.53. The summed E-state index contributed by atoms with van der Waals surface area (Å²) < 4.78 is 5.92. The minimum atomic E-state index is -0.360. The molecule has 0 aliphatic heterocycles. The fourth-order valence-electron chi connectivity index (χ4n) is 1.65. The second-order valence-corrected chi connectivity index (χ2v) is 4.89. The van der Waals surface area contributed by atoms with E-state index in [-0.39, 0.29) is 16.7 Å². The summed E-state index contributed by atoms with van der Waals surface area (Å²) in [6, 6.07) is 5.16. The van der Waals surface area contributed by atoms with Gasteiger partial charge in [-0.3, -0.25) is 10.1 Å². The summed E-state index contributed by atoms with van der Waals surface area (Å²) in [5, 5.41) is 14.2. The van der Waals surface area contributed by atoms with Gasteiger partial charge in [0, 0.05) is 35.8 Å². The van der Waals surface area contributed by atoms with Gasteiger partial charge in [-0.2, -0.15) is 0 Å². The first kappa shape index (κ1) is 15.1. The monoisotopic (exact) mass is 316 g/mol. The maximum absolute atomic E-state index is 10.9. The van der Waals surface area contributed by atoms with Crippen LogP contribution in [-0.4, -0.2) is 24.7 Å². The molecule has 0 aliphatic carbocycles. The molecule has 1 rings (SSSR count). The minimum absolute atomic E-state index is 0.137. The quantitative estimate of drug-likeness (QED) is 0.620. The van der Waals surface area contributed by atoms with Crippen molar-refractivity contribution in [3.05, 3.63) is 38.3 Å². The molecule has 1 aromatic carbocycles. The Morgan fingerprint density at radius 1 is 1.56 bits per heavy atom. The second-order valence-electron chi connectivity index (χ2n) is 3.97. The van der Waals surface area contributed by atoms with E-state index in [0.29, 0.717) is 18.7 Å². The topological polar surface area (TPSA) is 64.4 Å². The zero-order valence-electron chi connectivity index (χ0n) is 10.5. The third-order valence-corrected chi connectivity index (χ3v) is 3.17. The van der Waals surface area contributed by atoms with Crippen LogP contribution in [0.25, 0.3) is 0 Å². The lowest BCUT2D eigenvalue weighted by Gasteiger charge is -2.15. The van der Waals surface area contributed by atoms with Gasteiger partial charge in [-0.05, 0) is 18.6 Å². The van der Waals surface area contributed by atoms with Gasteiger partial charge in [0.1, 0.15) is 0 Å². The van der Waals surface area contributed by atoms with Crippen LogP contribution in [0.1, 0.15) is 18.9 Å².